The van der Waals surface area contributed by atoms with Crippen LogP contribution in [0.2, 0.25) is 0 Å². The van der Waals surface area contributed by atoms with E-state index in [1.54, 1.807) is 5.57 Å². The molecular weight excluding hydrogens is 232 g/mol. The second kappa shape index (κ2) is 8.06. The second-order valence-electron chi connectivity index (χ2n) is 6.63. The van der Waals surface area contributed by atoms with Crippen LogP contribution in [-0.2, 0) is 0 Å². The molecule has 0 aromatic carbocycles. The first-order chi connectivity index (χ1) is 9.27. The van der Waals surface area contributed by atoms with Crippen molar-refractivity contribution in [3.63, 3.8) is 0 Å². The highest BCUT2D eigenvalue weighted by Gasteiger charge is 2.27. The summed E-state index contributed by atoms with van der Waals surface area (Å²) in [6.45, 7) is 2.39. The van der Waals surface area contributed by atoms with Gasteiger partial charge in [0.1, 0.15) is 0 Å². The van der Waals surface area contributed by atoms with Crippen molar-refractivity contribution < 1.29 is 0 Å². The van der Waals surface area contributed by atoms with E-state index in [1.807, 2.05) is 0 Å². The lowest BCUT2D eigenvalue weighted by atomic mass is 9.76. The number of hydrogen-bond acceptors (Lipinski definition) is 2. The number of hydrogen-bond donors (Lipinski definition) is 1. The zero-order valence-corrected chi connectivity index (χ0v) is 13.0. The standard InChI is InChI=1S/C17H32N2/c1-19(2)14-8-13-18-17-12-7-6-11-16(17)15-9-4-3-5-10-15/h9,16-18H,3-8,10-14H2,1-2H3. The molecule has 2 rings (SSSR count). The third-order valence-corrected chi connectivity index (χ3v) is 4.76. The largest absolute Gasteiger partial charge is 0.313 e. The Kier molecular flexibility index (Phi) is 6.39. The SMILES string of the molecule is CN(C)CCCNC1CCCCC1C1=CCCCC1. The highest BCUT2D eigenvalue weighted by atomic mass is 15.1. The minimum absolute atomic E-state index is 0.764. The lowest BCUT2D eigenvalue weighted by Crippen LogP contribution is -2.40. The molecule has 0 spiro atoms. The molecule has 2 aliphatic carbocycles. The van der Waals surface area contributed by atoms with Gasteiger partial charge in [-0.25, -0.2) is 0 Å². The lowest BCUT2D eigenvalue weighted by molar-refractivity contribution is 0.281. The van der Waals surface area contributed by atoms with Crippen molar-refractivity contribution in [1.82, 2.24) is 10.2 Å². The van der Waals surface area contributed by atoms with Crippen LogP contribution in [0.15, 0.2) is 11.6 Å². The third-order valence-electron chi connectivity index (χ3n) is 4.76. The van der Waals surface area contributed by atoms with E-state index >= 15 is 0 Å². The highest BCUT2D eigenvalue weighted by Crippen LogP contribution is 2.35. The van der Waals surface area contributed by atoms with Crippen molar-refractivity contribution in [2.75, 3.05) is 27.2 Å². The Morgan fingerprint density at radius 1 is 1.16 bits per heavy atom. The van der Waals surface area contributed by atoms with Crippen LogP contribution >= 0.6 is 0 Å². The molecule has 0 amide bonds. The van der Waals surface area contributed by atoms with Crippen LogP contribution in [0.25, 0.3) is 0 Å². The van der Waals surface area contributed by atoms with Crippen LogP contribution in [0.5, 0.6) is 0 Å². The first-order valence-electron chi connectivity index (χ1n) is 8.34. The number of nitrogens with zero attached hydrogens (tertiary/aromatic N) is 1. The van der Waals surface area contributed by atoms with Gasteiger partial charge < -0.3 is 10.2 Å². The van der Waals surface area contributed by atoms with Crippen LogP contribution in [0.1, 0.15) is 57.8 Å². The van der Waals surface area contributed by atoms with Crippen molar-refractivity contribution in [1.29, 1.82) is 0 Å². The molecular formula is C17H32N2. The Bertz CT molecular complexity index is 283. The number of allylic oxidation sites excluding steroid dienone is 1. The minimum atomic E-state index is 0.764. The van der Waals surface area contributed by atoms with Gasteiger partial charge in [-0.2, -0.15) is 0 Å². The molecule has 0 radical (unpaired) electrons. The average Bonchev–Trinajstić information content (AvgIpc) is 2.45. The highest BCUT2D eigenvalue weighted by molar-refractivity contribution is 5.13. The van der Waals surface area contributed by atoms with Gasteiger partial charge in [0, 0.05) is 6.04 Å². The summed E-state index contributed by atoms with van der Waals surface area (Å²) in [4.78, 5) is 2.28. The fraction of sp³-hybridized carbons (Fsp3) is 0.882. The van der Waals surface area contributed by atoms with Crippen molar-refractivity contribution in [3.05, 3.63) is 11.6 Å². The average molecular weight is 264 g/mol. The van der Waals surface area contributed by atoms with Crippen molar-refractivity contribution in [3.8, 4) is 0 Å². The fourth-order valence-corrected chi connectivity index (χ4v) is 3.70. The Morgan fingerprint density at radius 2 is 2.00 bits per heavy atom. The fourth-order valence-electron chi connectivity index (χ4n) is 3.70. The first-order valence-corrected chi connectivity index (χ1v) is 8.34. The molecule has 2 nitrogen and oxygen atoms in total. The summed E-state index contributed by atoms with van der Waals surface area (Å²) in [6, 6.07) is 0.764. The Morgan fingerprint density at radius 3 is 2.74 bits per heavy atom. The molecule has 0 aromatic rings. The summed E-state index contributed by atoms with van der Waals surface area (Å²) >= 11 is 0. The molecule has 1 N–H and O–H groups in total. The van der Waals surface area contributed by atoms with Crippen LogP contribution in [0.3, 0.4) is 0 Å². The van der Waals surface area contributed by atoms with Gasteiger partial charge >= 0.3 is 0 Å². The second-order valence-corrected chi connectivity index (χ2v) is 6.63. The summed E-state index contributed by atoms with van der Waals surface area (Å²) in [7, 11) is 4.33. The van der Waals surface area contributed by atoms with Crippen LogP contribution in [0.4, 0.5) is 0 Å². The van der Waals surface area contributed by atoms with E-state index in [4.69, 9.17) is 0 Å². The Balaban J connectivity index is 1.80. The predicted molar refractivity (Wildman–Crippen MR) is 83.5 cm³/mol. The summed E-state index contributed by atoms with van der Waals surface area (Å²) in [6.07, 6.45) is 15.1. The van der Waals surface area contributed by atoms with E-state index in [0.29, 0.717) is 0 Å². The van der Waals surface area contributed by atoms with Crippen molar-refractivity contribution >= 4 is 0 Å². The molecule has 1 saturated carbocycles. The summed E-state index contributed by atoms with van der Waals surface area (Å²) < 4.78 is 0. The topological polar surface area (TPSA) is 15.3 Å². The number of rotatable bonds is 6. The summed E-state index contributed by atoms with van der Waals surface area (Å²) in [5.41, 5.74) is 1.79. The van der Waals surface area contributed by atoms with Gasteiger partial charge in [-0.3, -0.25) is 0 Å². The molecule has 2 aliphatic rings. The van der Waals surface area contributed by atoms with E-state index < -0.39 is 0 Å². The molecule has 1 fully saturated rings. The van der Waals surface area contributed by atoms with Gasteiger partial charge in [-0.1, -0.05) is 24.5 Å². The van der Waals surface area contributed by atoms with Gasteiger partial charge in [0.25, 0.3) is 0 Å². The Hall–Kier alpha value is -0.340. The van der Waals surface area contributed by atoms with Crippen LogP contribution < -0.4 is 5.32 Å². The smallest absolute Gasteiger partial charge is 0.0132 e. The zero-order chi connectivity index (χ0) is 13.5. The molecule has 0 aliphatic heterocycles. The molecule has 0 heterocycles. The number of nitrogens with one attached hydrogen (secondary N) is 1. The molecule has 0 bridgehead atoms. The third kappa shape index (κ3) is 4.92. The molecule has 110 valence electrons. The van der Waals surface area contributed by atoms with Gasteiger partial charge in [0.05, 0.1) is 0 Å². The summed E-state index contributed by atoms with van der Waals surface area (Å²) in [5.74, 6) is 0.855. The minimum Gasteiger partial charge on any atom is -0.313 e. The molecule has 0 aromatic heterocycles. The quantitative estimate of drug-likeness (QED) is 0.582. The molecule has 0 saturated heterocycles. The molecule has 2 unspecified atom stereocenters. The molecule has 19 heavy (non-hydrogen) atoms. The lowest BCUT2D eigenvalue weighted by Gasteiger charge is -2.35. The van der Waals surface area contributed by atoms with Gasteiger partial charge in [0.15, 0.2) is 0 Å². The van der Waals surface area contributed by atoms with Gasteiger partial charge in [-0.05, 0) is 78.0 Å². The summed E-state index contributed by atoms with van der Waals surface area (Å²) in [5, 5.41) is 3.86. The maximum Gasteiger partial charge on any atom is 0.0132 e. The zero-order valence-electron chi connectivity index (χ0n) is 13.0. The van der Waals surface area contributed by atoms with E-state index in [-0.39, 0.29) is 0 Å². The predicted octanol–water partition coefficient (Wildman–Crippen LogP) is 3.59. The molecule has 2 heteroatoms. The first kappa shape index (κ1) is 15.1. The Labute approximate surface area is 119 Å². The van der Waals surface area contributed by atoms with Crippen molar-refractivity contribution in [2.24, 2.45) is 5.92 Å². The van der Waals surface area contributed by atoms with Crippen LogP contribution in [0, 0.1) is 5.92 Å². The van der Waals surface area contributed by atoms with Gasteiger partial charge in [0.2, 0.25) is 0 Å². The normalized spacial score (nSPS) is 28.5. The van der Waals surface area contributed by atoms with E-state index in [0.717, 1.165) is 12.0 Å². The van der Waals surface area contributed by atoms with E-state index in [2.05, 4.69) is 30.4 Å². The monoisotopic (exact) mass is 264 g/mol. The van der Waals surface area contributed by atoms with Crippen LogP contribution in [-0.4, -0.2) is 38.1 Å². The maximum absolute atomic E-state index is 3.86. The van der Waals surface area contributed by atoms with E-state index in [1.165, 1.54) is 70.9 Å². The van der Waals surface area contributed by atoms with E-state index in [9.17, 15) is 0 Å². The van der Waals surface area contributed by atoms with Gasteiger partial charge in [-0.15, -0.1) is 0 Å². The van der Waals surface area contributed by atoms with Crippen molar-refractivity contribution in [2.45, 2.75) is 63.8 Å². The maximum atomic E-state index is 3.86. The molecule has 2 atom stereocenters.